The summed E-state index contributed by atoms with van der Waals surface area (Å²) < 4.78 is 0. The van der Waals surface area contributed by atoms with Crippen LogP contribution >= 0.6 is 0 Å². The Hall–Kier alpha value is -3.42. The summed E-state index contributed by atoms with van der Waals surface area (Å²) in [5, 5.41) is 3.38. The van der Waals surface area contributed by atoms with Gasteiger partial charge in [0.2, 0.25) is 0 Å². The van der Waals surface area contributed by atoms with Gasteiger partial charge in [-0.15, -0.1) is 0 Å². The van der Waals surface area contributed by atoms with E-state index in [1.807, 2.05) is 0 Å². The lowest BCUT2D eigenvalue weighted by Gasteiger charge is -2.30. The van der Waals surface area contributed by atoms with E-state index in [0.29, 0.717) is 0 Å². The molecule has 0 saturated heterocycles. The van der Waals surface area contributed by atoms with Crippen LogP contribution in [0.1, 0.15) is 40.3 Å². The molecule has 6 rings (SSSR count). The van der Waals surface area contributed by atoms with E-state index >= 15 is 0 Å². The third-order valence-electron chi connectivity index (χ3n) is 8.79. The van der Waals surface area contributed by atoms with E-state index in [1.165, 1.54) is 61.7 Å². The van der Waals surface area contributed by atoms with Crippen molar-refractivity contribution in [2.45, 2.75) is 46.2 Å². The highest BCUT2D eigenvalue weighted by atomic mass is 28.3. The molecule has 0 N–H and O–H groups in total. The first-order valence-electron chi connectivity index (χ1n) is 13.3. The van der Waals surface area contributed by atoms with Crippen molar-refractivity contribution in [1.29, 1.82) is 0 Å². The van der Waals surface area contributed by atoms with Crippen molar-refractivity contribution >= 4 is 20.2 Å². The van der Waals surface area contributed by atoms with E-state index in [2.05, 4.69) is 124 Å². The average Bonchev–Trinajstić information content (AvgIpc) is 3.54. The van der Waals surface area contributed by atoms with Crippen LogP contribution in [0.5, 0.6) is 0 Å². The number of aryl methyl sites for hydroxylation is 2. The minimum Gasteiger partial charge on any atom is -0.0712 e. The van der Waals surface area contributed by atoms with Gasteiger partial charge in [0.15, 0.2) is 0 Å². The van der Waals surface area contributed by atoms with Crippen molar-refractivity contribution in [3.8, 4) is 22.3 Å². The molecule has 0 radical (unpaired) electrons. The molecule has 0 fully saturated rings. The predicted molar refractivity (Wildman–Crippen MR) is 159 cm³/mol. The van der Waals surface area contributed by atoms with Crippen LogP contribution in [0.4, 0.5) is 0 Å². The topological polar surface area (TPSA) is 0 Å². The van der Waals surface area contributed by atoms with E-state index in [-0.39, 0.29) is 0 Å². The Kier molecular flexibility index (Phi) is 5.69. The Morgan fingerprint density at radius 3 is 1.39 bits per heavy atom. The number of hydrogen-bond donors (Lipinski definition) is 0. The van der Waals surface area contributed by atoms with Gasteiger partial charge in [-0.05, 0) is 82.3 Å². The van der Waals surface area contributed by atoms with Crippen LogP contribution in [0.2, 0.25) is 12.6 Å². The largest absolute Gasteiger partial charge is 0.106 e. The Labute approximate surface area is 217 Å². The van der Waals surface area contributed by atoms with Gasteiger partial charge < -0.3 is 0 Å². The molecule has 0 unspecified atom stereocenters. The molecule has 0 aliphatic heterocycles. The normalized spacial score (nSPS) is 14.3. The number of fused-ring (bicyclic) bond motifs is 2. The third-order valence-corrected chi connectivity index (χ3v) is 13.7. The van der Waals surface area contributed by atoms with Crippen molar-refractivity contribution < 1.29 is 0 Å². The van der Waals surface area contributed by atoms with Gasteiger partial charge >= 0.3 is 0 Å². The summed E-state index contributed by atoms with van der Waals surface area (Å²) >= 11 is 0. The summed E-state index contributed by atoms with van der Waals surface area (Å²) in [6.45, 7) is 9.49. The first-order valence-corrected chi connectivity index (χ1v) is 16.0. The van der Waals surface area contributed by atoms with Crippen LogP contribution < -0.4 is 0 Å². The highest BCUT2D eigenvalue weighted by Gasteiger charge is 2.38. The molecule has 0 spiro atoms. The zero-order chi connectivity index (χ0) is 24.9. The summed E-state index contributed by atoms with van der Waals surface area (Å²) in [5.74, 6) is 0. The van der Waals surface area contributed by atoms with Crippen LogP contribution in [-0.4, -0.2) is 8.07 Å². The SMILES string of the molecule is CC[Si](C)(C1=Cc2c(cccc2-c2ccccc2C)C1)C1=Cc2c(cccc2-c2ccccc2C)C1. The van der Waals surface area contributed by atoms with E-state index in [1.54, 1.807) is 10.4 Å². The Bertz CT molecular complexity index is 1440. The zero-order valence-electron chi connectivity index (χ0n) is 21.9. The van der Waals surface area contributed by atoms with Crippen LogP contribution in [0, 0.1) is 13.8 Å². The van der Waals surface area contributed by atoms with Gasteiger partial charge in [0.1, 0.15) is 8.07 Å². The second-order valence-corrected chi connectivity index (χ2v) is 15.4. The summed E-state index contributed by atoms with van der Waals surface area (Å²) in [4.78, 5) is 0. The lowest BCUT2D eigenvalue weighted by atomic mass is 9.94. The van der Waals surface area contributed by atoms with Crippen LogP contribution in [0.15, 0.2) is 95.3 Å². The first-order chi connectivity index (χ1) is 17.5. The summed E-state index contributed by atoms with van der Waals surface area (Å²) in [6, 6.07) is 32.7. The standard InChI is InChI=1S/C35H34Si/c1-5-36(4,28-20-26-14-10-18-32(34(26)22-28)30-16-8-6-12-24(30)2)29-21-27-15-11-19-33(35(27)23-29)31-17-9-7-13-25(31)3/h6-19,22-23H,5,20-21H2,1-4H3. The van der Waals surface area contributed by atoms with E-state index < -0.39 is 8.07 Å². The summed E-state index contributed by atoms with van der Waals surface area (Å²) in [7, 11) is -1.81. The van der Waals surface area contributed by atoms with Gasteiger partial charge in [-0.25, -0.2) is 0 Å². The molecule has 36 heavy (non-hydrogen) atoms. The van der Waals surface area contributed by atoms with Crippen LogP contribution in [0.25, 0.3) is 34.4 Å². The van der Waals surface area contributed by atoms with Gasteiger partial charge in [-0.2, -0.15) is 0 Å². The maximum atomic E-state index is 2.61. The minimum absolute atomic E-state index is 1.10. The molecule has 4 aromatic rings. The van der Waals surface area contributed by atoms with E-state index in [9.17, 15) is 0 Å². The number of benzene rings is 4. The Morgan fingerprint density at radius 1 is 0.556 bits per heavy atom. The third kappa shape index (κ3) is 3.65. The molecule has 0 aromatic heterocycles. The number of hydrogen-bond acceptors (Lipinski definition) is 0. The molecule has 0 atom stereocenters. The van der Waals surface area contributed by atoms with Gasteiger partial charge in [-0.1, -0.05) is 127 Å². The molecule has 0 heterocycles. The molecule has 0 amide bonds. The molecular weight excluding hydrogens is 448 g/mol. The molecule has 0 nitrogen and oxygen atoms in total. The molecule has 2 aliphatic carbocycles. The first kappa shape index (κ1) is 23.0. The van der Waals surface area contributed by atoms with Crippen molar-refractivity contribution in [2.24, 2.45) is 0 Å². The fourth-order valence-corrected chi connectivity index (χ4v) is 9.73. The molecular formula is C35H34Si. The minimum atomic E-state index is -1.81. The second-order valence-electron chi connectivity index (χ2n) is 10.8. The van der Waals surface area contributed by atoms with Crippen molar-refractivity contribution in [1.82, 2.24) is 0 Å². The maximum Gasteiger partial charge on any atom is 0.106 e. The summed E-state index contributed by atoms with van der Waals surface area (Å²) in [6.07, 6.45) is 7.37. The fourth-order valence-electron chi connectivity index (χ4n) is 6.33. The van der Waals surface area contributed by atoms with Crippen molar-refractivity contribution in [3.63, 3.8) is 0 Å². The van der Waals surface area contributed by atoms with Crippen molar-refractivity contribution in [2.75, 3.05) is 0 Å². The van der Waals surface area contributed by atoms with Crippen LogP contribution in [0.3, 0.4) is 0 Å². The highest BCUT2D eigenvalue weighted by molar-refractivity contribution is 6.93. The van der Waals surface area contributed by atoms with Gasteiger partial charge in [0.25, 0.3) is 0 Å². The van der Waals surface area contributed by atoms with Gasteiger partial charge in [-0.3, -0.25) is 0 Å². The lowest BCUT2D eigenvalue weighted by Crippen LogP contribution is -2.35. The van der Waals surface area contributed by atoms with E-state index in [4.69, 9.17) is 0 Å². The highest BCUT2D eigenvalue weighted by Crippen LogP contribution is 2.45. The quantitative estimate of drug-likeness (QED) is 0.249. The number of allylic oxidation sites excluding steroid dienone is 2. The summed E-state index contributed by atoms with van der Waals surface area (Å²) in [5.41, 5.74) is 14.1. The Balaban J connectivity index is 1.42. The Morgan fingerprint density at radius 2 is 0.972 bits per heavy atom. The smallest absolute Gasteiger partial charge is 0.0712 e. The molecule has 2 aliphatic rings. The van der Waals surface area contributed by atoms with Crippen molar-refractivity contribution in [3.05, 3.63) is 129 Å². The van der Waals surface area contributed by atoms with Gasteiger partial charge in [0, 0.05) is 0 Å². The molecule has 178 valence electrons. The fraction of sp³-hybridized carbons (Fsp3) is 0.200. The molecule has 1 heteroatoms. The number of rotatable bonds is 5. The predicted octanol–water partition coefficient (Wildman–Crippen LogP) is 9.39. The lowest BCUT2D eigenvalue weighted by molar-refractivity contribution is 1.19. The molecule has 4 aromatic carbocycles. The zero-order valence-corrected chi connectivity index (χ0v) is 22.9. The average molecular weight is 483 g/mol. The van der Waals surface area contributed by atoms with Crippen LogP contribution in [-0.2, 0) is 12.8 Å². The molecule has 0 bridgehead atoms. The van der Waals surface area contributed by atoms with E-state index in [0.717, 1.165) is 12.8 Å². The monoisotopic (exact) mass is 482 g/mol. The second kappa shape index (κ2) is 8.91. The molecule has 0 saturated carbocycles. The maximum absolute atomic E-state index is 2.61. The van der Waals surface area contributed by atoms with Gasteiger partial charge in [0.05, 0.1) is 0 Å².